The van der Waals surface area contributed by atoms with E-state index in [1.54, 1.807) is 17.4 Å². The van der Waals surface area contributed by atoms with Gasteiger partial charge in [-0.1, -0.05) is 15.9 Å². The monoisotopic (exact) mass is 377 g/mol. The molecule has 0 radical (unpaired) electrons. The van der Waals surface area contributed by atoms with Gasteiger partial charge in [-0.15, -0.1) is 11.3 Å². The van der Waals surface area contributed by atoms with Crippen LogP contribution < -0.4 is 5.32 Å². The first-order valence-corrected chi connectivity index (χ1v) is 7.48. The highest BCUT2D eigenvalue weighted by Gasteiger charge is 2.00. The fourth-order valence-corrected chi connectivity index (χ4v) is 3.42. The average Bonchev–Trinajstić information content (AvgIpc) is 2.63. The van der Waals surface area contributed by atoms with Crippen molar-refractivity contribution in [2.45, 2.75) is 13.1 Å². The minimum Gasteiger partial charge on any atom is -0.308 e. The van der Waals surface area contributed by atoms with Crippen LogP contribution >= 0.6 is 43.2 Å². The molecule has 0 saturated carbocycles. The molecule has 1 aromatic heterocycles. The molecule has 0 amide bonds. The van der Waals surface area contributed by atoms with E-state index in [4.69, 9.17) is 0 Å². The number of thiophene rings is 1. The van der Waals surface area contributed by atoms with Gasteiger partial charge < -0.3 is 5.32 Å². The molecule has 2 rings (SSSR count). The van der Waals surface area contributed by atoms with Crippen molar-refractivity contribution in [1.82, 2.24) is 5.32 Å². The lowest BCUT2D eigenvalue weighted by Crippen LogP contribution is -2.11. The van der Waals surface area contributed by atoms with Crippen LogP contribution in [0.2, 0.25) is 0 Å². The maximum atomic E-state index is 13.1. The highest BCUT2D eigenvalue weighted by molar-refractivity contribution is 9.10. The van der Waals surface area contributed by atoms with Gasteiger partial charge >= 0.3 is 0 Å². The summed E-state index contributed by atoms with van der Waals surface area (Å²) < 4.78 is 15.0. The van der Waals surface area contributed by atoms with Crippen molar-refractivity contribution in [3.05, 3.63) is 54.8 Å². The summed E-state index contributed by atoms with van der Waals surface area (Å²) in [5.41, 5.74) is 0.937. The number of rotatable bonds is 4. The Labute approximate surface area is 120 Å². The minimum atomic E-state index is -0.213. The van der Waals surface area contributed by atoms with Crippen molar-refractivity contribution in [2.24, 2.45) is 0 Å². The van der Waals surface area contributed by atoms with Crippen molar-refractivity contribution in [3.8, 4) is 0 Å². The molecule has 1 nitrogen and oxygen atoms in total. The van der Waals surface area contributed by atoms with Crippen LogP contribution in [0, 0.1) is 5.82 Å². The molecule has 0 aliphatic heterocycles. The molecule has 1 heterocycles. The number of nitrogens with one attached hydrogen (secondary N) is 1. The van der Waals surface area contributed by atoms with Crippen LogP contribution in [-0.4, -0.2) is 0 Å². The van der Waals surface area contributed by atoms with E-state index in [9.17, 15) is 4.39 Å². The molecular formula is C12H10Br2FNS. The largest absolute Gasteiger partial charge is 0.308 e. The van der Waals surface area contributed by atoms with E-state index in [0.29, 0.717) is 6.54 Å². The van der Waals surface area contributed by atoms with E-state index >= 15 is 0 Å². The van der Waals surface area contributed by atoms with E-state index in [1.807, 2.05) is 6.07 Å². The Morgan fingerprint density at radius 3 is 2.53 bits per heavy atom. The summed E-state index contributed by atoms with van der Waals surface area (Å²) in [5, 5.41) is 5.34. The summed E-state index contributed by atoms with van der Waals surface area (Å²) in [7, 11) is 0. The van der Waals surface area contributed by atoms with Crippen molar-refractivity contribution >= 4 is 43.2 Å². The Bertz CT molecular complexity index is 493. The van der Waals surface area contributed by atoms with Crippen LogP contribution in [0.15, 0.2) is 38.6 Å². The predicted molar refractivity (Wildman–Crippen MR) is 76.7 cm³/mol. The Hall–Kier alpha value is -0.230. The molecule has 0 aliphatic rings. The Balaban J connectivity index is 1.89. The zero-order valence-electron chi connectivity index (χ0n) is 8.84. The maximum absolute atomic E-state index is 13.1. The molecule has 5 heteroatoms. The van der Waals surface area contributed by atoms with Gasteiger partial charge in [-0.2, -0.15) is 0 Å². The molecule has 0 spiro atoms. The molecule has 2 aromatic rings. The predicted octanol–water partition coefficient (Wildman–Crippen LogP) is 4.70. The lowest BCUT2D eigenvalue weighted by molar-refractivity contribution is 0.619. The second kappa shape index (κ2) is 6.09. The molecule has 0 fully saturated rings. The van der Waals surface area contributed by atoms with Crippen molar-refractivity contribution in [1.29, 1.82) is 0 Å². The summed E-state index contributed by atoms with van der Waals surface area (Å²) in [5.74, 6) is -0.213. The Morgan fingerprint density at radius 2 is 1.88 bits per heavy atom. The van der Waals surface area contributed by atoms with Gasteiger partial charge in [-0.05, 0) is 45.8 Å². The standard InChI is InChI=1S/C12H10Br2FNS/c13-9-1-8(2-11(15)3-9)5-16-6-12-4-10(14)7-17-12/h1-4,7,16H,5-6H2. The zero-order chi connectivity index (χ0) is 12.3. The average molecular weight is 379 g/mol. The van der Waals surface area contributed by atoms with Crippen LogP contribution in [0.5, 0.6) is 0 Å². The molecule has 0 saturated heterocycles. The lowest BCUT2D eigenvalue weighted by atomic mass is 10.2. The number of hydrogen-bond acceptors (Lipinski definition) is 2. The molecule has 90 valence electrons. The lowest BCUT2D eigenvalue weighted by Gasteiger charge is -2.04. The first kappa shape index (κ1) is 13.2. The molecule has 0 bridgehead atoms. The van der Waals surface area contributed by atoms with Gasteiger partial charge in [0.25, 0.3) is 0 Å². The molecule has 1 N–H and O–H groups in total. The van der Waals surface area contributed by atoms with E-state index in [2.05, 4.69) is 48.6 Å². The second-order valence-corrected chi connectivity index (χ2v) is 6.44. The maximum Gasteiger partial charge on any atom is 0.124 e. The van der Waals surface area contributed by atoms with Gasteiger partial charge in [-0.25, -0.2) is 4.39 Å². The van der Waals surface area contributed by atoms with Crippen LogP contribution in [0.4, 0.5) is 4.39 Å². The summed E-state index contributed by atoms with van der Waals surface area (Å²) in [6.45, 7) is 1.45. The van der Waals surface area contributed by atoms with Crippen LogP contribution in [0.3, 0.4) is 0 Å². The molecule has 1 aromatic carbocycles. The van der Waals surface area contributed by atoms with Crippen molar-refractivity contribution < 1.29 is 4.39 Å². The van der Waals surface area contributed by atoms with Gasteiger partial charge in [0, 0.05) is 32.3 Å². The summed E-state index contributed by atoms with van der Waals surface area (Å²) in [6.07, 6.45) is 0. The quantitative estimate of drug-likeness (QED) is 0.812. The summed E-state index contributed by atoms with van der Waals surface area (Å²) in [6, 6.07) is 7.00. The van der Waals surface area contributed by atoms with Crippen molar-refractivity contribution in [3.63, 3.8) is 0 Å². The van der Waals surface area contributed by atoms with E-state index in [1.165, 1.54) is 10.9 Å². The van der Waals surface area contributed by atoms with Gasteiger partial charge in [0.2, 0.25) is 0 Å². The smallest absolute Gasteiger partial charge is 0.124 e. The topological polar surface area (TPSA) is 12.0 Å². The van der Waals surface area contributed by atoms with Gasteiger partial charge in [-0.3, -0.25) is 0 Å². The van der Waals surface area contributed by atoms with E-state index < -0.39 is 0 Å². The highest BCUT2D eigenvalue weighted by Crippen LogP contribution is 2.19. The molecule has 17 heavy (non-hydrogen) atoms. The van der Waals surface area contributed by atoms with Crippen LogP contribution in [0.25, 0.3) is 0 Å². The van der Waals surface area contributed by atoms with E-state index in [0.717, 1.165) is 21.1 Å². The first-order valence-electron chi connectivity index (χ1n) is 5.02. The SMILES string of the molecule is Fc1cc(Br)cc(CNCc2cc(Br)cs2)c1. The number of hydrogen-bond donors (Lipinski definition) is 1. The molecule has 0 aliphatic carbocycles. The molecular weight excluding hydrogens is 369 g/mol. The van der Waals surface area contributed by atoms with Crippen LogP contribution in [-0.2, 0) is 13.1 Å². The summed E-state index contributed by atoms with van der Waals surface area (Å²) in [4.78, 5) is 1.26. The number of halogens is 3. The first-order chi connectivity index (χ1) is 8.13. The molecule has 0 atom stereocenters. The third-order valence-corrected chi connectivity index (χ3v) is 4.33. The Morgan fingerprint density at radius 1 is 1.06 bits per heavy atom. The fraction of sp³-hybridized carbons (Fsp3) is 0.167. The van der Waals surface area contributed by atoms with Gasteiger partial charge in [0.05, 0.1) is 0 Å². The van der Waals surface area contributed by atoms with Gasteiger partial charge in [0.1, 0.15) is 5.82 Å². The highest BCUT2D eigenvalue weighted by atomic mass is 79.9. The van der Waals surface area contributed by atoms with Gasteiger partial charge in [0.15, 0.2) is 0 Å². The molecule has 0 unspecified atom stereocenters. The Kier molecular flexibility index (Phi) is 4.73. The normalized spacial score (nSPS) is 10.8. The van der Waals surface area contributed by atoms with Crippen LogP contribution in [0.1, 0.15) is 10.4 Å². The second-order valence-electron chi connectivity index (χ2n) is 3.61. The van der Waals surface area contributed by atoms with E-state index in [-0.39, 0.29) is 5.82 Å². The minimum absolute atomic E-state index is 0.213. The van der Waals surface area contributed by atoms with Crippen molar-refractivity contribution in [2.75, 3.05) is 0 Å². The zero-order valence-corrected chi connectivity index (χ0v) is 12.8. The number of benzene rings is 1. The third-order valence-electron chi connectivity index (χ3n) is 2.17. The summed E-state index contributed by atoms with van der Waals surface area (Å²) >= 11 is 8.39. The fourth-order valence-electron chi connectivity index (χ4n) is 1.49. The third kappa shape index (κ3) is 4.17.